The Hall–Kier alpha value is -2.99. The zero-order chi connectivity index (χ0) is 18.8. The number of hydrogen-bond acceptors (Lipinski definition) is 5. The lowest BCUT2D eigenvalue weighted by Gasteiger charge is -2.24. The van der Waals surface area contributed by atoms with Crippen LogP contribution in [-0.4, -0.2) is 59.2 Å². The first-order valence-corrected chi connectivity index (χ1v) is 9.16. The number of nitrogens with zero attached hydrogens (tertiary/aromatic N) is 4. The van der Waals surface area contributed by atoms with Gasteiger partial charge in [-0.3, -0.25) is 0 Å². The first-order chi connectivity index (χ1) is 13.1. The van der Waals surface area contributed by atoms with Gasteiger partial charge in [-0.2, -0.15) is 0 Å². The van der Waals surface area contributed by atoms with Crippen LogP contribution in [0.1, 0.15) is 16.8 Å². The van der Waals surface area contributed by atoms with Crippen LogP contribution in [0.25, 0.3) is 22.3 Å². The summed E-state index contributed by atoms with van der Waals surface area (Å²) in [6, 6.07) is 15.0. The monoisotopic (exact) mass is 362 g/mol. The van der Waals surface area contributed by atoms with Gasteiger partial charge in [0, 0.05) is 25.2 Å². The van der Waals surface area contributed by atoms with Gasteiger partial charge in [-0.25, -0.2) is 14.8 Å². The fourth-order valence-electron chi connectivity index (χ4n) is 3.45. The van der Waals surface area contributed by atoms with Gasteiger partial charge in [0.25, 0.3) is 0 Å². The van der Waals surface area contributed by atoms with Crippen molar-refractivity contribution in [1.82, 2.24) is 14.9 Å². The average molecular weight is 362 g/mol. The predicted molar refractivity (Wildman–Crippen MR) is 106 cm³/mol. The third kappa shape index (κ3) is 3.61. The molecule has 138 valence electrons. The van der Waals surface area contributed by atoms with Gasteiger partial charge >= 0.3 is 5.97 Å². The fourth-order valence-corrected chi connectivity index (χ4v) is 3.45. The molecule has 0 aliphatic carbocycles. The minimum atomic E-state index is -0.955. The van der Waals surface area contributed by atoms with Crippen LogP contribution in [0.4, 0.5) is 5.82 Å². The molecule has 0 radical (unpaired) electrons. The van der Waals surface area contributed by atoms with Crippen LogP contribution in [0.2, 0.25) is 0 Å². The molecule has 1 fully saturated rings. The molecule has 0 bridgehead atoms. The number of carboxylic acids is 1. The molecule has 4 rings (SSSR count). The van der Waals surface area contributed by atoms with Crippen molar-refractivity contribution in [2.75, 3.05) is 38.1 Å². The highest BCUT2D eigenvalue weighted by molar-refractivity contribution is 5.93. The number of aromatic carboxylic acids is 1. The highest BCUT2D eigenvalue weighted by Crippen LogP contribution is 2.30. The Kier molecular flexibility index (Phi) is 4.73. The minimum Gasteiger partial charge on any atom is -0.478 e. The molecule has 0 saturated carbocycles. The Balaban J connectivity index is 1.87. The molecule has 2 aromatic carbocycles. The number of likely N-dealkylation sites (N-methyl/N-ethyl adjacent to an activating group) is 1. The van der Waals surface area contributed by atoms with Crippen molar-refractivity contribution in [3.63, 3.8) is 0 Å². The molecule has 6 nitrogen and oxygen atoms in total. The van der Waals surface area contributed by atoms with E-state index in [9.17, 15) is 9.90 Å². The number of anilines is 1. The van der Waals surface area contributed by atoms with Crippen LogP contribution >= 0.6 is 0 Å². The molecule has 2 heterocycles. The molecule has 0 unspecified atom stereocenters. The number of benzene rings is 2. The first-order valence-electron chi connectivity index (χ1n) is 9.16. The molecule has 1 saturated heterocycles. The van der Waals surface area contributed by atoms with E-state index in [-0.39, 0.29) is 5.56 Å². The first kappa shape index (κ1) is 17.4. The third-order valence-corrected chi connectivity index (χ3v) is 4.96. The zero-order valence-electron chi connectivity index (χ0n) is 15.3. The lowest BCUT2D eigenvalue weighted by molar-refractivity contribution is 0.0697. The molecular weight excluding hydrogens is 340 g/mol. The molecule has 27 heavy (non-hydrogen) atoms. The van der Waals surface area contributed by atoms with E-state index < -0.39 is 5.97 Å². The Bertz CT molecular complexity index is 975. The largest absolute Gasteiger partial charge is 0.478 e. The van der Waals surface area contributed by atoms with Gasteiger partial charge in [0.15, 0.2) is 5.82 Å². The molecule has 1 aromatic heterocycles. The molecule has 0 spiro atoms. The van der Waals surface area contributed by atoms with Gasteiger partial charge < -0.3 is 14.9 Å². The molecule has 1 aliphatic rings. The number of rotatable bonds is 3. The van der Waals surface area contributed by atoms with Crippen molar-refractivity contribution in [3.8, 4) is 11.3 Å². The van der Waals surface area contributed by atoms with E-state index in [1.165, 1.54) is 0 Å². The summed E-state index contributed by atoms with van der Waals surface area (Å²) in [6.07, 6.45) is 1.06. The Morgan fingerprint density at radius 1 is 0.963 bits per heavy atom. The van der Waals surface area contributed by atoms with Crippen molar-refractivity contribution in [2.45, 2.75) is 6.42 Å². The maximum Gasteiger partial charge on any atom is 0.335 e. The van der Waals surface area contributed by atoms with Crippen LogP contribution in [0.5, 0.6) is 0 Å². The fraction of sp³-hybridized carbons (Fsp3) is 0.286. The van der Waals surface area contributed by atoms with E-state index in [1.807, 2.05) is 30.3 Å². The summed E-state index contributed by atoms with van der Waals surface area (Å²) in [4.78, 5) is 25.7. The highest BCUT2D eigenvalue weighted by Gasteiger charge is 2.20. The number of hydrogen-bond donors (Lipinski definition) is 1. The van der Waals surface area contributed by atoms with Gasteiger partial charge in [-0.1, -0.05) is 30.3 Å². The van der Waals surface area contributed by atoms with Crippen molar-refractivity contribution >= 4 is 22.8 Å². The summed E-state index contributed by atoms with van der Waals surface area (Å²) < 4.78 is 0. The van der Waals surface area contributed by atoms with Gasteiger partial charge in [-0.15, -0.1) is 0 Å². The standard InChI is InChI=1S/C21H22N4O2/c1-24-10-5-11-25(13-12-24)20-19(15-6-3-2-4-7-15)22-17-9-8-16(21(26)27)14-18(17)23-20/h2-4,6-9,14H,5,10-13H2,1H3,(H,26,27). The van der Waals surface area contributed by atoms with Crippen LogP contribution in [0.3, 0.4) is 0 Å². The molecule has 3 aromatic rings. The number of carboxylic acid groups (broad SMARTS) is 1. The number of fused-ring (bicyclic) bond motifs is 1. The normalized spacial score (nSPS) is 15.7. The molecule has 0 atom stereocenters. The maximum atomic E-state index is 11.3. The van der Waals surface area contributed by atoms with Crippen LogP contribution in [-0.2, 0) is 0 Å². The van der Waals surface area contributed by atoms with Gasteiger partial charge in [0.1, 0.15) is 5.69 Å². The summed E-state index contributed by atoms with van der Waals surface area (Å²) in [5.74, 6) is -0.129. The second kappa shape index (κ2) is 7.32. The van der Waals surface area contributed by atoms with E-state index in [4.69, 9.17) is 9.97 Å². The molecule has 6 heteroatoms. The predicted octanol–water partition coefficient (Wildman–Crippen LogP) is 3.14. The number of carbonyl (C=O) groups is 1. The van der Waals surface area contributed by atoms with Crippen LogP contribution in [0, 0.1) is 0 Å². The highest BCUT2D eigenvalue weighted by atomic mass is 16.4. The average Bonchev–Trinajstić information content (AvgIpc) is 2.91. The van der Waals surface area contributed by atoms with Crippen molar-refractivity contribution < 1.29 is 9.90 Å². The van der Waals surface area contributed by atoms with Gasteiger partial charge in [0.2, 0.25) is 0 Å². The summed E-state index contributed by atoms with van der Waals surface area (Å²) in [5, 5.41) is 9.30. The van der Waals surface area contributed by atoms with E-state index in [0.29, 0.717) is 11.0 Å². The number of aromatic nitrogens is 2. The Morgan fingerprint density at radius 2 is 1.78 bits per heavy atom. The van der Waals surface area contributed by atoms with Crippen molar-refractivity contribution in [2.24, 2.45) is 0 Å². The second-order valence-electron chi connectivity index (χ2n) is 6.91. The lowest BCUT2D eigenvalue weighted by Crippen LogP contribution is -2.30. The lowest BCUT2D eigenvalue weighted by atomic mass is 10.1. The topological polar surface area (TPSA) is 69.6 Å². The SMILES string of the molecule is CN1CCCN(c2nc3cc(C(=O)O)ccc3nc2-c2ccccc2)CC1. The Labute approximate surface area is 158 Å². The van der Waals surface area contributed by atoms with Gasteiger partial charge in [-0.05, 0) is 38.2 Å². The minimum absolute atomic E-state index is 0.228. The molecule has 1 N–H and O–H groups in total. The van der Waals surface area contributed by atoms with Crippen LogP contribution in [0.15, 0.2) is 48.5 Å². The van der Waals surface area contributed by atoms with Crippen molar-refractivity contribution in [1.29, 1.82) is 0 Å². The zero-order valence-corrected chi connectivity index (χ0v) is 15.3. The summed E-state index contributed by atoms with van der Waals surface area (Å²) in [6.45, 7) is 3.79. The molecular formula is C21H22N4O2. The summed E-state index contributed by atoms with van der Waals surface area (Å²) in [7, 11) is 2.13. The van der Waals surface area contributed by atoms with Crippen LogP contribution < -0.4 is 4.90 Å². The van der Waals surface area contributed by atoms with E-state index in [0.717, 1.165) is 49.7 Å². The molecule has 1 aliphatic heterocycles. The maximum absolute atomic E-state index is 11.3. The summed E-state index contributed by atoms with van der Waals surface area (Å²) >= 11 is 0. The van der Waals surface area contributed by atoms with E-state index in [1.54, 1.807) is 18.2 Å². The summed E-state index contributed by atoms with van der Waals surface area (Å²) in [5.41, 5.74) is 3.40. The smallest absolute Gasteiger partial charge is 0.335 e. The quantitative estimate of drug-likeness (QED) is 0.772. The third-order valence-electron chi connectivity index (χ3n) is 4.96. The van der Waals surface area contributed by atoms with E-state index in [2.05, 4.69) is 16.8 Å². The second-order valence-corrected chi connectivity index (χ2v) is 6.91. The van der Waals surface area contributed by atoms with E-state index >= 15 is 0 Å². The van der Waals surface area contributed by atoms with Crippen molar-refractivity contribution in [3.05, 3.63) is 54.1 Å². The van der Waals surface area contributed by atoms with Gasteiger partial charge in [0.05, 0.1) is 16.6 Å². The Morgan fingerprint density at radius 3 is 2.56 bits per heavy atom. The molecule has 0 amide bonds.